The molecule has 0 radical (unpaired) electrons. The van der Waals surface area contributed by atoms with E-state index in [1.54, 1.807) is 0 Å². The van der Waals surface area contributed by atoms with Crippen molar-refractivity contribution in [3.63, 3.8) is 0 Å². The normalized spacial score (nSPS) is 39.0. The van der Waals surface area contributed by atoms with Crippen molar-refractivity contribution in [1.29, 1.82) is 0 Å². The van der Waals surface area contributed by atoms with Gasteiger partial charge in [0.25, 0.3) is 0 Å². The van der Waals surface area contributed by atoms with Gasteiger partial charge in [-0.05, 0) is 87.9 Å². The van der Waals surface area contributed by atoms with Gasteiger partial charge in [-0.1, -0.05) is 26.7 Å². The topological polar surface area (TPSA) is 26.3 Å². The summed E-state index contributed by atoms with van der Waals surface area (Å²) in [5.74, 6) is 3.92. The summed E-state index contributed by atoms with van der Waals surface area (Å²) in [6.07, 6.45) is 15.2. The molecule has 0 spiro atoms. The highest BCUT2D eigenvalue weighted by Crippen LogP contribution is 2.41. The smallest absolute Gasteiger partial charge is 0.309 e. The Morgan fingerprint density at radius 1 is 0.680 bits per heavy atom. The molecule has 0 heterocycles. The van der Waals surface area contributed by atoms with E-state index in [9.17, 15) is 4.79 Å². The molecule has 146 valence electrons. The van der Waals surface area contributed by atoms with Crippen molar-refractivity contribution in [2.45, 2.75) is 97.0 Å². The number of carbonyl (C=O) groups excluding carboxylic acids is 1. The van der Waals surface area contributed by atoms with Crippen LogP contribution in [0.4, 0.5) is 0 Å². The Hall–Kier alpha value is 0.930. The standard InChI is InChI=1S/C21H36O2.I2/c1-15-3-7-17(8-4-15)18-9-11-19(12-10-18)21(22)23-20-13-5-16(2)6-14-20;1-2/h15-20H,3-14H2,1-2H3;. The number of halogens is 2. The maximum atomic E-state index is 12.5. The molecule has 3 aliphatic carbocycles. The van der Waals surface area contributed by atoms with Crippen LogP contribution in [0.15, 0.2) is 0 Å². The van der Waals surface area contributed by atoms with Gasteiger partial charge in [-0.3, -0.25) is 4.79 Å². The summed E-state index contributed by atoms with van der Waals surface area (Å²) >= 11 is 4.24. The molecule has 0 N–H and O–H groups in total. The Kier molecular flexibility index (Phi) is 10.4. The molecule has 3 aliphatic rings. The van der Waals surface area contributed by atoms with Crippen molar-refractivity contribution < 1.29 is 9.53 Å². The average Bonchev–Trinajstić information content (AvgIpc) is 2.66. The van der Waals surface area contributed by atoms with Gasteiger partial charge in [-0.25, -0.2) is 0 Å². The van der Waals surface area contributed by atoms with Gasteiger partial charge in [0.2, 0.25) is 0 Å². The second-order valence-electron chi connectivity index (χ2n) is 8.95. The molecule has 3 fully saturated rings. The predicted molar refractivity (Wildman–Crippen MR) is 122 cm³/mol. The van der Waals surface area contributed by atoms with E-state index in [1.165, 1.54) is 51.4 Å². The lowest BCUT2D eigenvalue weighted by atomic mass is 9.69. The fourth-order valence-corrected chi connectivity index (χ4v) is 5.19. The zero-order chi connectivity index (χ0) is 18.2. The number of ether oxygens (including phenoxy) is 1. The first-order valence-electron chi connectivity index (χ1n) is 10.5. The highest BCUT2D eigenvalue weighted by molar-refractivity contribution is 15.0. The van der Waals surface area contributed by atoms with Crippen molar-refractivity contribution in [3.05, 3.63) is 0 Å². The van der Waals surface area contributed by atoms with E-state index in [4.69, 9.17) is 4.74 Å². The second kappa shape index (κ2) is 11.7. The van der Waals surface area contributed by atoms with Crippen LogP contribution >= 0.6 is 37.2 Å². The van der Waals surface area contributed by atoms with Crippen LogP contribution in [-0.4, -0.2) is 12.1 Å². The van der Waals surface area contributed by atoms with E-state index < -0.39 is 0 Å². The minimum absolute atomic E-state index is 0.125. The summed E-state index contributed by atoms with van der Waals surface area (Å²) in [7, 11) is 0. The maximum absolute atomic E-state index is 12.5. The number of hydrogen-bond acceptors (Lipinski definition) is 2. The third kappa shape index (κ3) is 7.11. The fraction of sp³-hybridized carbons (Fsp3) is 0.952. The van der Waals surface area contributed by atoms with Crippen LogP contribution in [0, 0.1) is 29.6 Å². The molecule has 0 aliphatic heterocycles. The van der Waals surface area contributed by atoms with Gasteiger partial charge >= 0.3 is 5.97 Å². The van der Waals surface area contributed by atoms with E-state index in [1.807, 2.05) is 0 Å². The van der Waals surface area contributed by atoms with E-state index in [0.717, 1.165) is 49.4 Å². The van der Waals surface area contributed by atoms with Crippen molar-refractivity contribution in [2.75, 3.05) is 0 Å². The molecule has 0 saturated heterocycles. The molecule has 0 amide bonds. The molecule has 0 aromatic rings. The van der Waals surface area contributed by atoms with Crippen LogP contribution in [0.2, 0.25) is 0 Å². The second-order valence-corrected chi connectivity index (χ2v) is 8.95. The first kappa shape index (κ1) is 22.2. The molecule has 25 heavy (non-hydrogen) atoms. The maximum Gasteiger partial charge on any atom is 0.309 e. The van der Waals surface area contributed by atoms with Crippen LogP contribution in [0.25, 0.3) is 0 Å². The average molecular weight is 574 g/mol. The molecule has 3 rings (SSSR count). The van der Waals surface area contributed by atoms with Crippen molar-refractivity contribution >= 4 is 43.2 Å². The van der Waals surface area contributed by atoms with Crippen molar-refractivity contribution in [2.24, 2.45) is 29.6 Å². The zero-order valence-corrected chi connectivity index (χ0v) is 20.3. The zero-order valence-electron chi connectivity index (χ0n) is 16.0. The lowest BCUT2D eigenvalue weighted by molar-refractivity contribution is -0.157. The highest BCUT2D eigenvalue weighted by Gasteiger charge is 2.34. The van der Waals surface area contributed by atoms with Gasteiger partial charge in [-0.15, -0.1) is 0 Å². The fourth-order valence-electron chi connectivity index (χ4n) is 5.19. The Morgan fingerprint density at radius 3 is 1.56 bits per heavy atom. The van der Waals surface area contributed by atoms with Crippen molar-refractivity contribution in [1.82, 2.24) is 0 Å². The van der Waals surface area contributed by atoms with Gasteiger partial charge in [-0.2, -0.15) is 0 Å². The molecular weight excluding hydrogens is 538 g/mol. The van der Waals surface area contributed by atoms with E-state index in [2.05, 4.69) is 51.1 Å². The Balaban J connectivity index is 0.00000109. The monoisotopic (exact) mass is 574 g/mol. The third-order valence-electron chi connectivity index (χ3n) is 7.08. The number of esters is 1. The summed E-state index contributed by atoms with van der Waals surface area (Å²) in [6.45, 7) is 4.71. The summed E-state index contributed by atoms with van der Waals surface area (Å²) in [5.41, 5.74) is 0. The summed E-state index contributed by atoms with van der Waals surface area (Å²) in [4.78, 5) is 12.5. The Morgan fingerprint density at radius 2 is 1.08 bits per heavy atom. The van der Waals surface area contributed by atoms with E-state index >= 15 is 0 Å². The van der Waals surface area contributed by atoms with Crippen LogP contribution in [0.3, 0.4) is 0 Å². The van der Waals surface area contributed by atoms with Crippen LogP contribution < -0.4 is 0 Å². The summed E-state index contributed by atoms with van der Waals surface area (Å²) in [5, 5.41) is 0. The first-order valence-corrected chi connectivity index (χ1v) is 16.7. The van der Waals surface area contributed by atoms with Gasteiger partial charge in [0.15, 0.2) is 0 Å². The van der Waals surface area contributed by atoms with Crippen molar-refractivity contribution in [3.8, 4) is 0 Å². The van der Waals surface area contributed by atoms with Crippen LogP contribution in [-0.2, 0) is 9.53 Å². The minimum Gasteiger partial charge on any atom is -0.462 e. The molecule has 2 nitrogen and oxygen atoms in total. The number of rotatable bonds is 3. The number of hydrogen-bond donors (Lipinski definition) is 0. The molecule has 0 atom stereocenters. The Bertz CT molecular complexity index is 377. The molecule has 3 saturated carbocycles. The quantitative estimate of drug-likeness (QED) is 0.258. The van der Waals surface area contributed by atoms with Gasteiger partial charge in [0.05, 0.1) is 5.92 Å². The molecular formula is C21H36I2O2. The van der Waals surface area contributed by atoms with E-state index in [0.29, 0.717) is 0 Å². The molecule has 0 bridgehead atoms. The summed E-state index contributed by atoms with van der Waals surface area (Å²) in [6, 6.07) is 0. The molecule has 0 aromatic carbocycles. The predicted octanol–water partition coefficient (Wildman–Crippen LogP) is 7.51. The molecule has 0 aromatic heterocycles. The SMILES string of the molecule is CC1CCC(OC(=O)C2CCC(C3CCC(C)CC3)CC2)CC1.II. The molecule has 4 heteroatoms. The highest BCUT2D eigenvalue weighted by atomic mass is 128. The largest absolute Gasteiger partial charge is 0.462 e. The van der Waals surface area contributed by atoms with Crippen LogP contribution in [0.1, 0.15) is 90.9 Å². The molecule has 0 unspecified atom stereocenters. The third-order valence-corrected chi connectivity index (χ3v) is 7.08. The minimum atomic E-state index is 0.125. The first-order chi connectivity index (χ1) is 12.1. The van der Waals surface area contributed by atoms with E-state index in [-0.39, 0.29) is 18.0 Å². The number of carbonyl (C=O) groups is 1. The lowest BCUT2D eigenvalue weighted by Gasteiger charge is -2.37. The van der Waals surface area contributed by atoms with Gasteiger partial charge in [0, 0.05) is 37.2 Å². The van der Waals surface area contributed by atoms with Crippen LogP contribution in [0.5, 0.6) is 0 Å². The Labute approximate surface area is 178 Å². The van der Waals surface area contributed by atoms with Gasteiger partial charge in [0.1, 0.15) is 6.10 Å². The van der Waals surface area contributed by atoms with Gasteiger partial charge < -0.3 is 4.74 Å². The lowest BCUT2D eigenvalue weighted by Crippen LogP contribution is -2.31. The summed E-state index contributed by atoms with van der Waals surface area (Å²) < 4.78 is 5.83.